The van der Waals surface area contributed by atoms with Crippen LogP contribution in [-0.2, 0) is 0 Å². The Kier molecular flexibility index (Phi) is 4.21. The molecule has 0 N–H and O–H groups in total. The number of aryl methyl sites for hydroxylation is 2. The minimum absolute atomic E-state index is 0.293. The lowest BCUT2D eigenvalue weighted by Gasteiger charge is -2.24. The fourth-order valence-electron chi connectivity index (χ4n) is 3.75. The molecule has 0 bridgehead atoms. The largest absolute Gasteiger partial charge is 0.212 e. The number of rotatable bonds is 2. The van der Waals surface area contributed by atoms with Crippen molar-refractivity contribution in [2.24, 2.45) is 5.10 Å². The number of thioether (sulfide) groups is 1. The van der Waals surface area contributed by atoms with Crippen molar-refractivity contribution >= 4 is 17.5 Å². The van der Waals surface area contributed by atoms with E-state index in [-0.39, 0.29) is 0 Å². The van der Waals surface area contributed by atoms with Crippen LogP contribution in [0.25, 0.3) is 0 Å². The van der Waals surface area contributed by atoms with E-state index >= 15 is 0 Å². The molecule has 1 atom stereocenters. The molecule has 1 aromatic carbocycles. The topological polar surface area (TPSA) is 43.1 Å². The summed E-state index contributed by atoms with van der Waals surface area (Å²) in [5.74, 6) is 1.57. The molecule has 1 fully saturated rings. The first-order chi connectivity index (χ1) is 11.6. The van der Waals surface area contributed by atoms with Crippen molar-refractivity contribution in [2.75, 3.05) is 0 Å². The maximum atomic E-state index is 5.02. The Labute approximate surface area is 147 Å². The van der Waals surface area contributed by atoms with E-state index in [1.807, 2.05) is 4.68 Å². The van der Waals surface area contributed by atoms with Crippen LogP contribution in [0.1, 0.15) is 67.5 Å². The Morgan fingerprint density at radius 3 is 2.67 bits per heavy atom. The standard InChI is InChI=1S/C19H24N4S/c1-12-9-10-13(2)16(11-12)17-14(3)24-19-21-20-18(23(19)22-17)15-7-5-4-6-8-15/h9-11,14-15H,4-8H2,1-3H3. The Hall–Kier alpha value is -1.62. The lowest BCUT2D eigenvalue weighted by Crippen LogP contribution is -2.24. The number of hydrogen-bond acceptors (Lipinski definition) is 4. The molecule has 0 amide bonds. The highest BCUT2D eigenvalue weighted by Crippen LogP contribution is 2.36. The van der Waals surface area contributed by atoms with Gasteiger partial charge in [-0.2, -0.15) is 9.78 Å². The molecule has 1 aromatic heterocycles. The molecule has 1 unspecified atom stereocenters. The predicted octanol–water partition coefficient (Wildman–Crippen LogP) is 4.69. The number of aromatic nitrogens is 3. The van der Waals surface area contributed by atoms with Gasteiger partial charge in [0.2, 0.25) is 5.16 Å². The minimum Gasteiger partial charge on any atom is -0.191 e. The predicted molar refractivity (Wildman–Crippen MR) is 99.0 cm³/mol. The van der Waals surface area contributed by atoms with E-state index < -0.39 is 0 Å². The Bertz CT molecular complexity index is 787. The van der Waals surface area contributed by atoms with Crippen molar-refractivity contribution in [3.05, 3.63) is 40.7 Å². The van der Waals surface area contributed by atoms with Crippen molar-refractivity contribution < 1.29 is 0 Å². The van der Waals surface area contributed by atoms with Crippen LogP contribution in [0.4, 0.5) is 0 Å². The van der Waals surface area contributed by atoms with Gasteiger partial charge in [0.05, 0.1) is 11.0 Å². The number of nitrogens with zero attached hydrogens (tertiary/aromatic N) is 4. The summed E-state index contributed by atoms with van der Waals surface area (Å²) in [6, 6.07) is 6.60. The molecule has 5 heteroatoms. The van der Waals surface area contributed by atoms with E-state index in [1.165, 1.54) is 48.8 Å². The zero-order chi connectivity index (χ0) is 16.7. The Balaban J connectivity index is 1.78. The SMILES string of the molecule is Cc1ccc(C)c(C2=Nn3c(nnc3C3CCCCC3)SC2C)c1. The summed E-state index contributed by atoms with van der Waals surface area (Å²) in [5, 5.41) is 15.2. The number of hydrogen-bond donors (Lipinski definition) is 0. The van der Waals surface area contributed by atoms with Crippen LogP contribution in [0.3, 0.4) is 0 Å². The molecule has 2 heterocycles. The molecule has 1 aliphatic carbocycles. The third-order valence-electron chi connectivity index (χ3n) is 5.15. The first-order valence-corrected chi connectivity index (χ1v) is 9.80. The second-order valence-corrected chi connectivity index (χ2v) is 8.36. The highest BCUT2D eigenvalue weighted by molar-refractivity contribution is 8.00. The molecule has 2 aromatic rings. The lowest BCUT2D eigenvalue weighted by atomic mass is 9.89. The molecule has 2 aliphatic rings. The quantitative estimate of drug-likeness (QED) is 0.796. The summed E-state index contributed by atoms with van der Waals surface area (Å²) >= 11 is 1.77. The molecule has 24 heavy (non-hydrogen) atoms. The van der Waals surface area contributed by atoms with Crippen molar-refractivity contribution in [1.29, 1.82) is 0 Å². The second kappa shape index (κ2) is 6.36. The Morgan fingerprint density at radius 2 is 1.88 bits per heavy atom. The van der Waals surface area contributed by atoms with E-state index in [2.05, 4.69) is 49.2 Å². The van der Waals surface area contributed by atoms with E-state index in [1.54, 1.807) is 11.8 Å². The molecule has 0 saturated heterocycles. The van der Waals surface area contributed by atoms with Crippen molar-refractivity contribution in [3.8, 4) is 0 Å². The fraction of sp³-hybridized carbons (Fsp3) is 0.526. The van der Waals surface area contributed by atoms with Gasteiger partial charge in [0.15, 0.2) is 5.82 Å². The van der Waals surface area contributed by atoms with Crippen LogP contribution in [0.2, 0.25) is 0 Å². The van der Waals surface area contributed by atoms with Gasteiger partial charge >= 0.3 is 0 Å². The molecule has 126 valence electrons. The van der Waals surface area contributed by atoms with E-state index in [9.17, 15) is 0 Å². The number of benzene rings is 1. The second-order valence-electron chi connectivity index (χ2n) is 7.05. The summed E-state index contributed by atoms with van der Waals surface area (Å²) in [6.07, 6.45) is 6.37. The maximum absolute atomic E-state index is 5.02. The molecule has 1 aliphatic heterocycles. The molecule has 0 spiro atoms. The summed E-state index contributed by atoms with van der Waals surface area (Å²) < 4.78 is 2.03. The highest BCUT2D eigenvalue weighted by Gasteiger charge is 2.29. The van der Waals surface area contributed by atoms with Gasteiger partial charge in [-0.1, -0.05) is 48.7 Å². The molecule has 4 rings (SSSR count). The molecule has 0 radical (unpaired) electrons. The van der Waals surface area contributed by atoms with Gasteiger partial charge in [-0.25, -0.2) is 0 Å². The third-order valence-corrected chi connectivity index (χ3v) is 6.19. The summed E-state index contributed by atoms with van der Waals surface area (Å²) in [6.45, 7) is 6.52. The van der Waals surface area contributed by atoms with Crippen LogP contribution in [0, 0.1) is 13.8 Å². The lowest BCUT2D eigenvalue weighted by molar-refractivity contribution is 0.417. The summed E-state index contributed by atoms with van der Waals surface area (Å²) in [4.78, 5) is 0. The van der Waals surface area contributed by atoms with Gasteiger partial charge in [0.1, 0.15) is 0 Å². The van der Waals surface area contributed by atoms with Crippen LogP contribution in [-0.4, -0.2) is 25.8 Å². The normalized spacial score (nSPS) is 21.5. The van der Waals surface area contributed by atoms with E-state index in [0.717, 1.165) is 16.7 Å². The highest BCUT2D eigenvalue weighted by atomic mass is 32.2. The average molecular weight is 340 g/mol. The molecule has 4 nitrogen and oxygen atoms in total. The zero-order valence-corrected chi connectivity index (χ0v) is 15.4. The van der Waals surface area contributed by atoms with Crippen molar-refractivity contribution in [2.45, 2.75) is 69.2 Å². The van der Waals surface area contributed by atoms with Gasteiger partial charge in [-0.3, -0.25) is 0 Å². The van der Waals surface area contributed by atoms with Crippen molar-refractivity contribution in [3.63, 3.8) is 0 Å². The van der Waals surface area contributed by atoms with Crippen LogP contribution >= 0.6 is 11.8 Å². The molecular weight excluding hydrogens is 316 g/mol. The smallest absolute Gasteiger partial charge is 0.191 e. The van der Waals surface area contributed by atoms with Gasteiger partial charge in [-0.15, -0.1) is 10.2 Å². The first kappa shape index (κ1) is 15.9. The summed E-state index contributed by atoms with van der Waals surface area (Å²) in [5.41, 5.74) is 4.95. The number of fused-ring (bicyclic) bond motifs is 1. The summed E-state index contributed by atoms with van der Waals surface area (Å²) in [7, 11) is 0. The van der Waals surface area contributed by atoms with Gasteiger partial charge in [0.25, 0.3) is 0 Å². The van der Waals surface area contributed by atoms with Crippen LogP contribution in [0.15, 0.2) is 28.5 Å². The minimum atomic E-state index is 0.293. The van der Waals surface area contributed by atoms with Gasteiger partial charge < -0.3 is 0 Å². The fourth-order valence-corrected chi connectivity index (χ4v) is 4.67. The van der Waals surface area contributed by atoms with Crippen LogP contribution in [0.5, 0.6) is 0 Å². The maximum Gasteiger partial charge on any atom is 0.212 e. The third kappa shape index (κ3) is 2.79. The monoisotopic (exact) mass is 340 g/mol. The molecular formula is C19H24N4S. The average Bonchev–Trinajstić information content (AvgIpc) is 3.00. The van der Waals surface area contributed by atoms with Gasteiger partial charge in [-0.05, 0) is 45.2 Å². The van der Waals surface area contributed by atoms with E-state index in [4.69, 9.17) is 5.10 Å². The molecule has 1 saturated carbocycles. The van der Waals surface area contributed by atoms with Crippen molar-refractivity contribution in [1.82, 2.24) is 14.9 Å². The zero-order valence-electron chi connectivity index (χ0n) is 14.6. The van der Waals surface area contributed by atoms with E-state index in [0.29, 0.717) is 11.2 Å². The first-order valence-electron chi connectivity index (χ1n) is 8.92. The van der Waals surface area contributed by atoms with Gasteiger partial charge in [0, 0.05) is 11.5 Å². The Morgan fingerprint density at radius 1 is 1.08 bits per heavy atom. The van der Waals surface area contributed by atoms with Crippen LogP contribution < -0.4 is 0 Å².